The van der Waals surface area contributed by atoms with Crippen LogP contribution < -0.4 is 5.73 Å². The van der Waals surface area contributed by atoms with Crippen molar-refractivity contribution in [1.82, 2.24) is 5.16 Å². The number of halogens is 2. The number of anilines is 1. The van der Waals surface area contributed by atoms with Gasteiger partial charge in [-0.3, -0.25) is 0 Å². The lowest BCUT2D eigenvalue weighted by Gasteiger charge is -2.24. The van der Waals surface area contributed by atoms with Crippen molar-refractivity contribution in [2.75, 3.05) is 5.73 Å². The van der Waals surface area contributed by atoms with Crippen LogP contribution in [0.1, 0.15) is 25.0 Å². The number of aromatic nitrogens is 1. The molecular weight excluding hydrogens is 250 g/mol. The molecule has 0 radical (unpaired) electrons. The van der Waals surface area contributed by atoms with E-state index in [1.54, 1.807) is 0 Å². The molecule has 1 fully saturated rings. The predicted octanol–water partition coefficient (Wildman–Crippen LogP) is 3.54. The molecular formula is C14H14F2N2O. The van der Waals surface area contributed by atoms with Gasteiger partial charge in [-0.2, -0.15) is 0 Å². The lowest BCUT2D eigenvalue weighted by Crippen LogP contribution is -2.13. The van der Waals surface area contributed by atoms with Crippen LogP contribution in [0.2, 0.25) is 0 Å². The van der Waals surface area contributed by atoms with Crippen molar-refractivity contribution in [1.29, 1.82) is 0 Å². The summed E-state index contributed by atoms with van der Waals surface area (Å²) in [5.74, 6) is 0.0312. The molecule has 1 aromatic carbocycles. The highest BCUT2D eigenvalue weighted by Gasteiger charge is 2.25. The molecule has 3 rings (SSSR count). The molecule has 0 spiro atoms. The highest BCUT2D eigenvalue weighted by atomic mass is 19.1. The quantitative estimate of drug-likeness (QED) is 0.922. The van der Waals surface area contributed by atoms with Crippen LogP contribution in [0.5, 0.6) is 0 Å². The number of rotatable bonds is 3. The van der Waals surface area contributed by atoms with Crippen LogP contribution in [0.3, 0.4) is 0 Å². The van der Waals surface area contributed by atoms with E-state index in [1.165, 1.54) is 18.6 Å². The Kier molecular flexibility index (Phi) is 2.97. The summed E-state index contributed by atoms with van der Waals surface area (Å²) in [4.78, 5) is 0. The summed E-state index contributed by atoms with van der Waals surface area (Å²) >= 11 is 0. The fourth-order valence-electron chi connectivity index (χ4n) is 2.42. The Morgan fingerprint density at radius 3 is 2.74 bits per heavy atom. The monoisotopic (exact) mass is 264 g/mol. The SMILES string of the molecule is Nc1noc(CC2CCC2)c1-c1ccc(F)cc1F. The number of nitrogen functional groups attached to an aromatic ring is 1. The molecule has 3 nitrogen and oxygen atoms in total. The molecule has 2 aromatic rings. The fraction of sp³-hybridized carbons (Fsp3) is 0.357. The first kappa shape index (κ1) is 12.1. The third kappa shape index (κ3) is 2.20. The van der Waals surface area contributed by atoms with Gasteiger partial charge in [0.05, 0.1) is 5.56 Å². The number of benzene rings is 1. The van der Waals surface area contributed by atoms with Crippen molar-refractivity contribution in [3.63, 3.8) is 0 Å². The maximum Gasteiger partial charge on any atom is 0.175 e. The maximum absolute atomic E-state index is 13.8. The summed E-state index contributed by atoms with van der Waals surface area (Å²) in [7, 11) is 0. The molecule has 1 saturated carbocycles. The van der Waals surface area contributed by atoms with Crippen molar-refractivity contribution in [3.8, 4) is 11.1 Å². The smallest absolute Gasteiger partial charge is 0.175 e. The second kappa shape index (κ2) is 4.64. The molecule has 0 saturated heterocycles. The van der Waals surface area contributed by atoms with E-state index < -0.39 is 11.6 Å². The average molecular weight is 264 g/mol. The van der Waals surface area contributed by atoms with Crippen molar-refractivity contribution in [2.24, 2.45) is 5.92 Å². The van der Waals surface area contributed by atoms with Gasteiger partial charge >= 0.3 is 0 Å². The molecule has 1 aromatic heterocycles. The van der Waals surface area contributed by atoms with Gasteiger partial charge in [0.25, 0.3) is 0 Å². The summed E-state index contributed by atoms with van der Waals surface area (Å²) in [5, 5.41) is 3.71. The van der Waals surface area contributed by atoms with Gasteiger partial charge in [-0.25, -0.2) is 8.78 Å². The zero-order valence-electron chi connectivity index (χ0n) is 10.3. The third-order valence-electron chi connectivity index (χ3n) is 3.69. The van der Waals surface area contributed by atoms with E-state index in [2.05, 4.69) is 5.16 Å². The zero-order valence-corrected chi connectivity index (χ0v) is 10.3. The first-order chi connectivity index (χ1) is 9.15. The average Bonchev–Trinajstić information content (AvgIpc) is 2.66. The number of nitrogens with two attached hydrogens (primary N) is 1. The van der Waals surface area contributed by atoms with Crippen LogP contribution >= 0.6 is 0 Å². The Bertz CT molecular complexity index is 605. The molecule has 1 heterocycles. The van der Waals surface area contributed by atoms with E-state index >= 15 is 0 Å². The standard InChI is InChI=1S/C14H14F2N2O/c15-9-4-5-10(11(16)7-9)13-12(19-18-14(13)17)6-8-2-1-3-8/h4-5,7-8H,1-3,6H2,(H2,17,18). The van der Waals surface area contributed by atoms with Gasteiger partial charge < -0.3 is 10.3 Å². The van der Waals surface area contributed by atoms with Crippen LogP contribution in [-0.4, -0.2) is 5.16 Å². The Labute approximate surface area is 109 Å². The zero-order chi connectivity index (χ0) is 13.4. The fourth-order valence-corrected chi connectivity index (χ4v) is 2.42. The maximum atomic E-state index is 13.8. The predicted molar refractivity (Wildman–Crippen MR) is 67.3 cm³/mol. The molecule has 0 aliphatic heterocycles. The second-order valence-electron chi connectivity index (χ2n) is 4.99. The van der Waals surface area contributed by atoms with Crippen LogP contribution in [0, 0.1) is 17.6 Å². The molecule has 0 amide bonds. The van der Waals surface area contributed by atoms with E-state index in [-0.39, 0.29) is 11.4 Å². The van der Waals surface area contributed by atoms with E-state index in [0.717, 1.165) is 18.9 Å². The minimum absolute atomic E-state index is 0.153. The molecule has 100 valence electrons. The largest absolute Gasteiger partial charge is 0.380 e. The molecule has 19 heavy (non-hydrogen) atoms. The Morgan fingerprint density at radius 2 is 2.11 bits per heavy atom. The van der Waals surface area contributed by atoms with Gasteiger partial charge in [0, 0.05) is 18.1 Å². The van der Waals surface area contributed by atoms with Gasteiger partial charge in [-0.05, 0) is 18.1 Å². The van der Waals surface area contributed by atoms with Gasteiger partial charge in [0.15, 0.2) is 5.82 Å². The number of hydrogen-bond acceptors (Lipinski definition) is 3. The minimum Gasteiger partial charge on any atom is -0.380 e. The van der Waals surface area contributed by atoms with Crippen molar-refractivity contribution in [2.45, 2.75) is 25.7 Å². The van der Waals surface area contributed by atoms with Crippen LogP contribution in [-0.2, 0) is 6.42 Å². The van der Waals surface area contributed by atoms with E-state index in [1.807, 2.05) is 0 Å². The van der Waals surface area contributed by atoms with Crippen molar-refractivity contribution >= 4 is 5.82 Å². The second-order valence-corrected chi connectivity index (χ2v) is 4.99. The number of nitrogens with zero attached hydrogens (tertiary/aromatic N) is 1. The van der Waals surface area contributed by atoms with Gasteiger partial charge in [0.1, 0.15) is 17.4 Å². The molecule has 0 bridgehead atoms. The van der Waals surface area contributed by atoms with E-state index in [9.17, 15) is 8.78 Å². The molecule has 5 heteroatoms. The normalized spacial score (nSPS) is 15.5. The summed E-state index contributed by atoms with van der Waals surface area (Å²) in [6.07, 6.45) is 4.21. The van der Waals surface area contributed by atoms with Gasteiger partial charge in [-0.15, -0.1) is 0 Å². The van der Waals surface area contributed by atoms with Gasteiger partial charge in [-0.1, -0.05) is 24.4 Å². The highest BCUT2D eigenvalue weighted by molar-refractivity contribution is 5.75. The lowest BCUT2D eigenvalue weighted by molar-refractivity contribution is 0.279. The Balaban J connectivity index is 2.00. The van der Waals surface area contributed by atoms with Crippen LogP contribution in [0.15, 0.2) is 22.7 Å². The summed E-state index contributed by atoms with van der Waals surface area (Å²) in [5.41, 5.74) is 6.46. The molecule has 0 unspecified atom stereocenters. The molecule has 2 N–H and O–H groups in total. The van der Waals surface area contributed by atoms with Crippen LogP contribution in [0.25, 0.3) is 11.1 Å². The summed E-state index contributed by atoms with van der Waals surface area (Å²) in [6.45, 7) is 0. The third-order valence-corrected chi connectivity index (χ3v) is 3.69. The van der Waals surface area contributed by atoms with Crippen molar-refractivity contribution < 1.29 is 13.3 Å². The van der Waals surface area contributed by atoms with E-state index in [0.29, 0.717) is 23.7 Å². The minimum atomic E-state index is -0.648. The molecule has 1 aliphatic carbocycles. The van der Waals surface area contributed by atoms with Crippen LogP contribution in [0.4, 0.5) is 14.6 Å². The first-order valence-electron chi connectivity index (χ1n) is 6.34. The van der Waals surface area contributed by atoms with Gasteiger partial charge in [0.2, 0.25) is 0 Å². The summed E-state index contributed by atoms with van der Waals surface area (Å²) in [6, 6.07) is 3.42. The lowest BCUT2D eigenvalue weighted by atomic mass is 9.81. The molecule has 0 atom stereocenters. The first-order valence-corrected chi connectivity index (χ1v) is 6.34. The topological polar surface area (TPSA) is 52.0 Å². The number of hydrogen-bond donors (Lipinski definition) is 1. The molecule has 1 aliphatic rings. The summed E-state index contributed by atoms with van der Waals surface area (Å²) < 4.78 is 32.0. The van der Waals surface area contributed by atoms with Crippen molar-refractivity contribution in [3.05, 3.63) is 35.6 Å². The van der Waals surface area contributed by atoms with E-state index in [4.69, 9.17) is 10.3 Å². The Morgan fingerprint density at radius 1 is 1.32 bits per heavy atom. The Hall–Kier alpha value is -1.91. The highest BCUT2D eigenvalue weighted by Crippen LogP contribution is 2.37.